The SMILES string of the molecule is CCC(C)n1nccc1NC(=O)Cc1ccc(Cl)c(Cl)c1. The molecule has 0 fully saturated rings. The number of carbonyl (C=O) groups excluding carboxylic acids is 1. The number of carbonyl (C=O) groups is 1. The molecule has 2 rings (SSSR count). The Bertz CT molecular complexity index is 640. The molecule has 1 N–H and O–H groups in total. The van der Waals surface area contributed by atoms with Crippen LogP contribution >= 0.6 is 23.2 Å². The van der Waals surface area contributed by atoms with Gasteiger partial charge in [0.05, 0.1) is 28.7 Å². The van der Waals surface area contributed by atoms with Gasteiger partial charge in [-0.1, -0.05) is 36.2 Å². The van der Waals surface area contributed by atoms with Crippen molar-refractivity contribution < 1.29 is 4.79 Å². The highest BCUT2D eigenvalue weighted by Crippen LogP contribution is 2.23. The number of hydrogen-bond donors (Lipinski definition) is 1. The van der Waals surface area contributed by atoms with Gasteiger partial charge in [-0.05, 0) is 31.0 Å². The van der Waals surface area contributed by atoms with E-state index in [1.165, 1.54) is 0 Å². The molecule has 1 aromatic heterocycles. The van der Waals surface area contributed by atoms with Gasteiger partial charge in [-0.25, -0.2) is 4.68 Å². The zero-order chi connectivity index (χ0) is 15.4. The van der Waals surface area contributed by atoms with E-state index in [0.717, 1.165) is 12.0 Å². The second-order valence-electron chi connectivity index (χ2n) is 4.89. The summed E-state index contributed by atoms with van der Waals surface area (Å²) < 4.78 is 1.81. The highest BCUT2D eigenvalue weighted by Gasteiger charge is 2.12. The van der Waals surface area contributed by atoms with Crippen LogP contribution in [0.15, 0.2) is 30.5 Å². The van der Waals surface area contributed by atoms with Crippen LogP contribution in [-0.2, 0) is 11.2 Å². The molecule has 0 bridgehead atoms. The van der Waals surface area contributed by atoms with Gasteiger partial charge in [-0.2, -0.15) is 5.10 Å². The van der Waals surface area contributed by atoms with Crippen LogP contribution in [0.25, 0.3) is 0 Å². The molecule has 1 aromatic carbocycles. The van der Waals surface area contributed by atoms with Crippen molar-refractivity contribution in [2.45, 2.75) is 32.7 Å². The average molecular weight is 326 g/mol. The molecular formula is C15H17Cl2N3O. The molecule has 0 saturated carbocycles. The maximum atomic E-state index is 12.1. The van der Waals surface area contributed by atoms with E-state index in [9.17, 15) is 4.79 Å². The number of anilines is 1. The minimum Gasteiger partial charge on any atom is -0.311 e. The fourth-order valence-corrected chi connectivity index (χ4v) is 2.28. The molecule has 6 heteroatoms. The Hall–Kier alpha value is -1.52. The molecule has 1 atom stereocenters. The number of nitrogens with zero attached hydrogens (tertiary/aromatic N) is 2. The molecule has 1 amide bonds. The minimum atomic E-state index is -0.113. The Morgan fingerprint density at radius 3 is 2.76 bits per heavy atom. The maximum absolute atomic E-state index is 12.1. The van der Waals surface area contributed by atoms with Crippen molar-refractivity contribution in [2.75, 3.05) is 5.32 Å². The summed E-state index contributed by atoms with van der Waals surface area (Å²) in [5, 5.41) is 8.04. The third kappa shape index (κ3) is 3.99. The summed E-state index contributed by atoms with van der Waals surface area (Å²) in [4.78, 5) is 12.1. The first-order valence-electron chi connectivity index (χ1n) is 6.78. The molecule has 0 aliphatic rings. The van der Waals surface area contributed by atoms with Gasteiger partial charge >= 0.3 is 0 Å². The molecule has 0 spiro atoms. The van der Waals surface area contributed by atoms with Gasteiger partial charge in [0.25, 0.3) is 0 Å². The first-order valence-corrected chi connectivity index (χ1v) is 7.54. The standard InChI is InChI=1S/C15H17Cl2N3O/c1-3-10(2)20-14(6-7-18-20)19-15(21)9-11-4-5-12(16)13(17)8-11/h4-8,10H,3,9H2,1-2H3,(H,19,21). The van der Waals surface area contributed by atoms with Gasteiger partial charge in [0.2, 0.25) is 5.91 Å². The van der Waals surface area contributed by atoms with Crippen LogP contribution < -0.4 is 5.32 Å². The second-order valence-corrected chi connectivity index (χ2v) is 5.71. The summed E-state index contributed by atoms with van der Waals surface area (Å²) in [5.74, 6) is 0.591. The maximum Gasteiger partial charge on any atom is 0.229 e. The Morgan fingerprint density at radius 1 is 1.33 bits per heavy atom. The summed E-state index contributed by atoms with van der Waals surface area (Å²) in [6.07, 6.45) is 2.86. The van der Waals surface area contributed by atoms with Gasteiger partial charge in [0.15, 0.2) is 0 Å². The van der Waals surface area contributed by atoms with E-state index in [-0.39, 0.29) is 18.4 Å². The molecule has 4 nitrogen and oxygen atoms in total. The molecule has 2 aromatic rings. The van der Waals surface area contributed by atoms with Crippen molar-refractivity contribution in [3.05, 3.63) is 46.1 Å². The molecule has 0 radical (unpaired) electrons. The quantitative estimate of drug-likeness (QED) is 0.888. The van der Waals surface area contributed by atoms with Crippen LogP contribution in [0.5, 0.6) is 0 Å². The van der Waals surface area contributed by atoms with E-state index < -0.39 is 0 Å². The lowest BCUT2D eigenvalue weighted by molar-refractivity contribution is -0.115. The Kier molecular flexibility index (Phi) is 5.26. The number of halogens is 2. The number of amides is 1. The number of benzene rings is 1. The van der Waals surface area contributed by atoms with Crippen LogP contribution in [-0.4, -0.2) is 15.7 Å². The largest absolute Gasteiger partial charge is 0.311 e. The number of aromatic nitrogens is 2. The smallest absolute Gasteiger partial charge is 0.229 e. The van der Waals surface area contributed by atoms with Crippen LogP contribution in [0.3, 0.4) is 0 Å². The minimum absolute atomic E-state index is 0.113. The van der Waals surface area contributed by atoms with Gasteiger partial charge in [-0.3, -0.25) is 4.79 Å². The Labute approximate surface area is 134 Å². The van der Waals surface area contributed by atoms with E-state index >= 15 is 0 Å². The fourth-order valence-electron chi connectivity index (χ4n) is 1.96. The first kappa shape index (κ1) is 15.9. The Balaban J connectivity index is 2.05. The fraction of sp³-hybridized carbons (Fsp3) is 0.333. The second kappa shape index (κ2) is 6.96. The zero-order valence-electron chi connectivity index (χ0n) is 11.9. The molecule has 0 saturated heterocycles. The highest BCUT2D eigenvalue weighted by atomic mass is 35.5. The van der Waals surface area contributed by atoms with E-state index in [1.807, 2.05) is 4.68 Å². The first-order chi connectivity index (χ1) is 10.0. The molecule has 0 aliphatic carbocycles. The molecule has 112 valence electrons. The summed E-state index contributed by atoms with van der Waals surface area (Å²) in [5.41, 5.74) is 0.816. The Morgan fingerprint density at radius 2 is 2.10 bits per heavy atom. The molecular weight excluding hydrogens is 309 g/mol. The number of hydrogen-bond acceptors (Lipinski definition) is 2. The predicted molar refractivity (Wildman–Crippen MR) is 86.0 cm³/mol. The van der Waals surface area contributed by atoms with Crippen molar-refractivity contribution in [1.29, 1.82) is 0 Å². The van der Waals surface area contributed by atoms with Gasteiger partial charge in [0, 0.05) is 6.07 Å². The summed E-state index contributed by atoms with van der Waals surface area (Å²) in [7, 11) is 0. The lowest BCUT2D eigenvalue weighted by Gasteiger charge is -2.14. The van der Waals surface area contributed by atoms with Gasteiger partial charge < -0.3 is 5.32 Å². The normalized spacial score (nSPS) is 12.2. The van der Waals surface area contributed by atoms with Crippen molar-refractivity contribution >= 4 is 34.9 Å². The van der Waals surface area contributed by atoms with Gasteiger partial charge in [-0.15, -0.1) is 0 Å². The average Bonchev–Trinajstić information content (AvgIpc) is 2.90. The predicted octanol–water partition coefficient (Wildman–Crippen LogP) is 4.34. The third-order valence-corrected chi connectivity index (χ3v) is 4.03. The highest BCUT2D eigenvalue weighted by molar-refractivity contribution is 6.42. The zero-order valence-corrected chi connectivity index (χ0v) is 13.4. The van der Waals surface area contributed by atoms with E-state index in [2.05, 4.69) is 24.3 Å². The molecule has 1 unspecified atom stereocenters. The molecule has 1 heterocycles. The van der Waals surface area contributed by atoms with Crippen LogP contribution in [0, 0.1) is 0 Å². The topological polar surface area (TPSA) is 46.9 Å². The summed E-state index contributed by atoms with van der Waals surface area (Å²) in [6, 6.07) is 7.21. The third-order valence-electron chi connectivity index (χ3n) is 3.29. The summed E-state index contributed by atoms with van der Waals surface area (Å²) >= 11 is 11.8. The van der Waals surface area contributed by atoms with Crippen molar-refractivity contribution in [3.8, 4) is 0 Å². The van der Waals surface area contributed by atoms with E-state index in [4.69, 9.17) is 23.2 Å². The van der Waals surface area contributed by atoms with Crippen molar-refractivity contribution in [3.63, 3.8) is 0 Å². The van der Waals surface area contributed by atoms with Gasteiger partial charge in [0.1, 0.15) is 5.82 Å². The number of rotatable bonds is 5. The van der Waals surface area contributed by atoms with Crippen molar-refractivity contribution in [2.24, 2.45) is 0 Å². The van der Waals surface area contributed by atoms with Crippen molar-refractivity contribution in [1.82, 2.24) is 9.78 Å². The summed E-state index contributed by atoms with van der Waals surface area (Å²) in [6.45, 7) is 4.13. The molecule has 0 aliphatic heterocycles. The van der Waals surface area contributed by atoms with E-state index in [1.54, 1.807) is 30.5 Å². The number of nitrogens with one attached hydrogen (secondary N) is 1. The van der Waals surface area contributed by atoms with Crippen LogP contribution in [0.1, 0.15) is 31.9 Å². The monoisotopic (exact) mass is 325 g/mol. The van der Waals surface area contributed by atoms with E-state index in [0.29, 0.717) is 15.9 Å². The van der Waals surface area contributed by atoms with Crippen LogP contribution in [0.2, 0.25) is 10.0 Å². The lowest BCUT2D eigenvalue weighted by atomic mass is 10.1. The lowest BCUT2D eigenvalue weighted by Crippen LogP contribution is -2.19. The molecule has 21 heavy (non-hydrogen) atoms. The van der Waals surface area contributed by atoms with Crippen LogP contribution in [0.4, 0.5) is 5.82 Å².